The quantitative estimate of drug-likeness (QED) is 0.00394. The van der Waals surface area contributed by atoms with Gasteiger partial charge >= 0.3 is 24.2 Å². The number of hydrazine groups is 1. The van der Waals surface area contributed by atoms with Gasteiger partial charge in [0.1, 0.15) is 11.2 Å². The lowest BCUT2D eigenvalue weighted by Crippen LogP contribution is -2.29. The third kappa shape index (κ3) is 47.3. The predicted molar refractivity (Wildman–Crippen MR) is 542 cm³/mol. The highest BCUT2D eigenvalue weighted by Gasteiger charge is 2.25. The zero-order valence-corrected chi connectivity index (χ0v) is 81.2. The van der Waals surface area contributed by atoms with Gasteiger partial charge in [-0.1, -0.05) is 141 Å². The van der Waals surface area contributed by atoms with Crippen molar-refractivity contribution in [1.82, 2.24) is 41.2 Å². The second-order valence-electron chi connectivity index (χ2n) is 30.3. The smallest absolute Gasteiger partial charge is 0.478 e. The topological polar surface area (TPSA) is 503 Å². The number of pyridine rings is 4. The summed E-state index contributed by atoms with van der Waals surface area (Å²) < 4.78 is 20.0. The van der Waals surface area contributed by atoms with Gasteiger partial charge in [-0.2, -0.15) is 0 Å². The van der Waals surface area contributed by atoms with Crippen molar-refractivity contribution in [3.63, 3.8) is 0 Å². The Bertz CT molecular complexity index is 5470. The highest BCUT2D eigenvalue weighted by Crippen LogP contribution is 2.23. The van der Waals surface area contributed by atoms with Crippen LogP contribution in [0.5, 0.6) is 0 Å². The number of carboxylic acids is 2. The number of aromatic nitrogens is 4. The number of halogens is 2. The number of carbonyl (C=O) groups is 12. The highest BCUT2D eigenvalue weighted by molar-refractivity contribution is 14.1. The molecule has 0 fully saturated rings. The van der Waals surface area contributed by atoms with E-state index in [1.54, 1.807) is 163 Å². The number of ether oxygens (including phenoxy) is 3. The molecule has 0 spiro atoms. The first-order chi connectivity index (χ1) is 64.6. The molecular formula is C102H121ClIN13O17S2. The fraction of sp³-hybridized carbons (Fsp3) is 0.255. The average Bonchev–Trinajstić information content (AvgIpc) is 1.81. The number of carbonyl (C=O) groups excluding carboxylic acids is 10. The summed E-state index contributed by atoms with van der Waals surface area (Å²) >= 11 is 4.37. The van der Waals surface area contributed by atoms with Gasteiger partial charge in [-0.05, 0) is 258 Å². The molecule has 6 aromatic carbocycles. The van der Waals surface area contributed by atoms with E-state index < -0.39 is 35.5 Å². The van der Waals surface area contributed by atoms with Crippen molar-refractivity contribution in [3.05, 3.63) is 376 Å². The molecule has 12 aromatic rings. The normalized spacial score (nSPS) is 10.1. The van der Waals surface area contributed by atoms with Crippen LogP contribution in [0, 0.1) is 0 Å². The maximum atomic E-state index is 12.3. The SMILES string of the molecule is C.CC(=O)c1ccc(C(=O)CCc2ccc(C(=O)NCc3ccccn3)cc2)s1.CC(C)(C)OC(=O)OC(=O)OC(C)(C)C.CCc1ccc(C(=O)NCc2ccccn2)cc1.CCc1ccc(C(=O)O)cc1.Cl.NCC(=O)c1ccc(C(=O)CCc2ccc(C(=O)NCc3ccccn3)cc2)s1.NCc1ccc(C(=O)NCc2ccccn2)cc1.NCc1ccc(C(=O)O)cc1.NN.[2H]CI. The van der Waals surface area contributed by atoms with Crippen molar-refractivity contribution < 1.29 is 83.3 Å². The number of ketones is 4. The molecule has 4 amide bonds. The monoisotopic (exact) mass is 2030 g/mol. The molecule has 0 radical (unpaired) electrons. The largest absolute Gasteiger partial charge is 0.519 e. The fourth-order valence-corrected chi connectivity index (χ4v) is 12.7. The molecule has 0 saturated carbocycles. The first-order valence-electron chi connectivity index (χ1n) is 42.7. The highest BCUT2D eigenvalue weighted by atomic mass is 127. The minimum absolute atomic E-state index is 0. The number of benzene rings is 6. The summed E-state index contributed by atoms with van der Waals surface area (Å²) in [7, 11) is 0. The Balaban J connectivity index is 0.000000549. The van der Waals surface area contributed by atoms with E-state index in [1.165, 1.54) is 35.2 Å². The molecule has 722 valence electrons. The summed E-state index contributed by atoms with van der Waals surface area (Å²) in [4.78, 5) is 158. The molecule has 0 bridgehead atoms. The molecule has 16 N–H and O–H groups in total. The molecule has 0 atom stereocenters. The number of aryl methyl sites for hydroxylation is 4. The Hall–Kier alpha value is -13.6. The van der Waals surface area contributed by atoms with Gasteiger partial charge in [0.25, 0.3) is 23.6 Å². The van der Waals surface area contributed by atoms with Gasteiger partial charge in [0, 0.05) is 74.3 Å². The Morgan fingerprint density at radius 2 is 0.618 bits per heavy atom. The fourth-order valence-electron chi connectivity index (χ4n) is 10.9. The van der Waals surface area contributed by atoms with Crippen molar-refractivity contribution >= 4 is 129 Å². The maximum absolute atomic E-state index is 12.3. The van der Waals surface area contributed by atoms with Crippen LogP contribution in [-0.2, 0) is 79.2 Å². The van der Waals surface area contributed by atoms with E-state index in [1.807, 2.05) is 175 Å². The molecule has 30 nitrogen and oxygen atoms in total. The van der Waals surface area contributed by atoms with Crippen LogP contribution in [0.3, 0.4) is 0 Å². The van der Waals surface area contributed by atoms with Crippen molar-refractivity contribution in [2.75, 3.05) is 11.5 Å². The van der Waals surface area contributed by atoms with Crippen LogP contribution in [0.1, 0.15) is 241 Å². The van der Waals surface area contributed by atoms with Gasteiger partial charge in [0.2, 0.25) is 0 Å². The molecule has 6 heterocycles. The summed E-state index contributed by atoms with van der Waals surface area (Å²) in [5, 5.41) is 28.4. The van der Waals surface area contributed by atoms with Gasteiger partial charge < -0.3 is 62.9 Å². The minimum Gasteiger partial charge on any atom is -0.478 e. The standard InChI is InChI=1S/C22H21N3O3S.C22H20N2O3S.C15H16N2O.C14H15N3O.C10H18O5.C9H10O2.C8H9NO2.CH3I.CH4.ClH.H4N2/c23-13-19(27)21-11-10-20(29-21)18(26)9-6-15-4-7-16(8-5-15)22(28)25-14-17-3-1-2-12-24-17;1-15(25)20-11-12-21(28-20)19(26)10-7-16-5-8-17(9-6-16)22(27)24-14-18-4-2-3-13-23-18;1-2-12-6-8-13(9-7-12)15(18)17-11-14-5-3-4-10-16-14;15-9-11-4-6-12(7-5-11)14(18)17-10-13-3-1-2-8-16-13;1-9(2,3)14-7(11)13-8(12)15-10(4,5)6;1-2-7-3-5-8(6-4-7)9(10)11;9-5-6-1-3-7(4-2-6)8(10)11;1-2;;;1-2/h1-5,7-8,10-12H,6,9,13-14,23H2,(H,25,28);2-6,8-9,11-13H,7,10,14H2,1H3,(H,24,27);3-10H,2,11H2,1H3,(H,17,18);1-8H,9-10,15H2,(H,17,18);1-6H3;3-6H,2H2,1H3,(H,10,11);1-4H,5,9H2,(H,10,11);1H3;1H4;1H;1-2H2/i;;;;;;;1D;;;. The second-order valence-corrected chi connectivity index (χ2v) is 32.5. The van der Waals surface area contributed by atoms with Crippen molar-refractivity contribution in [2.24, 2.45) is 28.9 Å². The summed E-state index contributed by atoms with van der Waals surface area (Å²) in [6, 6.07) is 71.9. The first kappa shape index (κ1) is 117. The molecule has 0 aliphatic carbocycles. The number of rotatable bonds is 29. The van der Waals surface area contributed by atoms with E-state index in [9.17, 15) is 57.5 Å². The van der Waals surface area contributed by atoms with Crippen molar-refractivity contribution in [1.29, 1.82) is 0 Å². The van der Waals surface area contributed by atoms with Crippen LogP contribution in [0.2, 0.25) is 0 Å². The molecule has 6 aromatic heterocycles. The molecule has 34 heteroatoms. The van der Waals surface area contributed by atoms with Gasteiger partial charge in [0.15, 0.2) is 23.1 Å². The Morgan fingerprint density at radius 3 is 0.838 bits per heavy atom. The number of nitrogens with two attached hydrogens (primary N) is 5. The third-order valence-corrected chi connectivity index (χ3v) is 20.4. The summed E-state index contributed by atoms with van der Waals surface area (Å²) in [6.07, 6.45) is 8.46. The third-order valence-electron chi connectivity index (χ3n) is 18.0. The number of carboxylic acid groups (broad SMARTS) is 2. The van der Waals surface area contributed by atoms with Gasteiger partial charge in [-0.25, -0.2) is 19.2 Å². The summed E-state index contributed by atoms with van der Waals surface area (Å²) in [5.41, 5.74) is 27.4. The minimum atomic E-state index is -1.06. The van der Waals surface area contributed by atoms with Crippen LogP contribution < -0.4 is 50.2 Å². The molecule has 0 aliphatic rings. The number of nitrogens with one attached hydrogen (secondary N) is 4. The summed E-state index contributed by atoms with van der Waals surface area (Å²) in [6.45, 7) is 18.1. The van der Waals surface area contributed by atoms with Gasteiger partial charge in [-0.15, -0.1) is 35.1 Å². The number of thiophene rings is 2. The van der Waals surface area contributed by atoms with Gasteiger partial charge in [0.05, 0.1) is 86.1 Å². The molecular weight excluding hydrogens is 1910 g/mol. The average molecular weight is 2030 g/mol. The number of hydrogen-bond donors (Lipinski definition) is 11. The lowest BCUT2D eigenvalue weighted by atomic mass is 10.0. The number of aromatic carboxylic acids is 2. The van der Waals surface area contributed by atoms with E-state index in [0.29, 0.717) is 123 Å². The number of alkyl halides is 1. The predicted octanol–water partition coefficient (Wildman–Crippen LogP) is 17.8. The number of hydrogen-bond acceptors (Lipinski definition) is 26. The molecule has 136 heavy (non-hydrogen) atoms. The van der Waals surface area contributed by atoms with Crippen LogP contribution in [0.25, 0.3) is 0 Å². The zero-order chi connectivity index (χ0) is 99.7. The number of Topliss-reactive ketones (excluding diaryl/α,β-unsaturated/α-hetero) is 4. The summed E-state index contributed by atoms with van der Waals surface area (Å²) in [5.74, 6) is 5.54. The van der Waals surface area contributed by atoms with E-state index in [2.05, 4.69) is 64.5 Å². The molecule has 0 unspecified atom stereocenters. The molecule has 0 saturated heterocycles. The zero-order valence-electron chi connectivity index (χ0n) is 77.6. The van der Waals surface area contributed by atoms with Crippen LogP contribution in [0.15, 0.2) is 267 Å². The lowest BCUT2D eigenvalue weighted by Gasteiger charge is -2.20. The Morgan fingerprint density at radius 1 is 0.375 bits per heavy atom. The van der Waals surface area contributed by atoms with E-state index >= 15 is 0 Å². The second kappa shape index (κ2) is 65.1. The maximum Gasteiger partial charge on any atom is 0.519 e. The number of amides is 4. The van der Waals surface area contributed by atoms with Crippen LogP contribution >= 0.6 is 57.7 Å². The Kier molecular flexibility index (Phi) is 55.8. The first-order valence-corrected chi connectivity index (χ1v) is 45.2. The van der Waals surface area contributed by atoms with E-state index in [-0.39, 0.29) is 73.1 Å². The van der Waals surface area contributed by atoms with Crippen molar-refractivity contribution in [2.45, 2.75) is 159 Å². The Labute approximate surface area is 823 Å². The van der Waals surface area contributed by atoms with Crippen LogP contribution in [-0.4, -0.2) is 124 Å². The van der Waals surface area contributed by atoms with E-state index in [4.69, 9.17) is 38.3 Å². The number of nitrogens with zero attached hydrogens (tertiary/aromatic N) is 4. The van der Waals surface area contributed by atoms with Crippen LogP contribution in [0.4, 0.5) is 9.59 Å². The molecule has 12 rings (SSSR count). The lowest BCUT2D eigenvalue weighted by molar-refractivity contribution is -0.0295. The molecule has 0 aliphatic heterocycles. The van der Waals surface area contributed by atoms with E-state index in [0.717, 1.165) is 63.4 Å². The van der Waals surface area contributed by atoms with Gasteiger partial charge in [-0.3, -0.25) is 70.0 Å². The van der Waals surface area contributed by atoms with Crippen molar-refractivity contribution in [3.8, 4) is 0 Å².